The van der Waals surface area contributed by atoms with Crippen LogP contribution in [0.4, 0.5) is 13.2 Å². The third-order valence-corrected chi connectivity index (χ3v) is 5.47. The Bertz CT molecular complexity index is 1380. The minimum Gasteiger partial charge on any atom is -0.166 e. The molecule has 0 bridgehead atoms. The second kappa shape index (κ2) is 7.03. The smallest absolute Gasteiger partial charge is 0.166 e. The molecule has 5 rings (SSSR count). The van der Waals surface area contributed by atoms with Gasteiger partial charge in [0.25, 0.3) is 0 Å². The standard InChI is InChI=1S/C27H17F3/c28-27(29,30)23-10-5-9-22(17-23)26-24-11-4-3-7-19(24)14-15-25(26)21-13-12-18-6-1-2-8-20(18)16-21/h1-17H. The van der Waals surface area contributed by atoms with Gasteiger partial charge in [0.05, 0.1) is 5.56 Å². The maximum Gasteiger partial charge on any atom is 0.416 e. The van der Waals surface area contributed by atoms with Crippen molar-refractivity contribution in [2.24, 2.45) is 0 Å². The number of fused-ring (bicyclic) bond motifs is 2. The SMILES string of the molecule is FC(F)(F)c1cccc(-c2c(-c3ccc4ccccc4c3)ccc3ccccc23)c1. The van der Waals surface area contributed by atoms with Gasteiger partial charge in [-0.1, -0.05) is 84.9 Å². The van der Waals surface area contributed by atoms with Crippen molar-refractivity contribution in [2.45, 2.75) is 6.18 Å². The van der Waals surface area contributed by atoms with Gasteiger partial charge in [0.2, 0.25) is 0 Å². The molecule has 0 atom stereocenters. The highest BCUT2D eigenvalue weighted by atomic mass is 19.4. The summed E-state index contributed by atoms with van der Waals surface area (Å²) >= 11 is 0. The minimum absolute atomic E-state index is 0.560. The first kappa shape index (κ1) is 18.4. The Labute approximate surface area is 172 Å². The second-order valence-corrected chi connectivity index (χ2v) is 7.35. The number of benzene rings is 5. The molecule has 146 valence electrons. The topological polar surface area (TPSA) is 0 Å². The molecular weight excluding hydrogens is 381 g/mol. The van der Waals surface area contributed by atoms with Crippen molar-refractivity contribution >= 4 is 21.5 Å². The Hall–Kier alpha value is -3.59. The summed E-state index contributed by atoms with van der Waals surface area (Å²) < 4.78 is 40.2. The summed E-state index contributed by atoms with van der Waals surface area (Å²) in [6, 6.07) is 31.7. The molecule has 0 aliphatic heterocycles. The van der Waals surface area contributed by atoms with Crippen LogP contribution >= 0.6 is 0 Å². The minimum atomic E-state index is -4.39. The van der Waals surface area contributed by atoms with Crippen LogP contribution in [0.2, 0.25) is 0 Å². The first-order chi connectivity index (χ1) is 14.5. The van der Waals surface area contributed by atoms with E-state index in [9.17, 15) is 13.2 Å². The molecule has 0 radical (unpaired) electrons. The molecule has 0 fully saturated rings. The number of halogens is 3. The van der Waals surface area contributed by atoms with Crippen molar-refractivity contribution < 1.29 is 13.2 Å². The first-order valence-corrected chi connectivity index (χ1v) is 9.69. The zero-order chi connectivity index (χ0) is 20.7. The summed E-state index contributed by atoms with van der Waals surface area (Å²) in [4.78, 5) is 0. The Morgan fingerprint density at radius 3 is 2.00 bits per heavy atom. The Kier molecular flexibility index (Phi) is 4.32. The molecule has 0 spiro atoms. The zero-order valence-corrected chi connectivity index (χ0v) is 15.9. The van der Waals surface area contributed by atoms with Crippen LogP contribution in [-0.2, 0) is 6.18 Å². The van der Waals surface area contributed by atoms with Crippen LogP contribution < -0.4 is 0 Å². The molecule has 0 aromatic heterocycles. The molecule has 0 aliphatic rings. The van der Waals surface area contributed by atoms with E-state index >= 15 is 0 Å². The average Bonchev–Trinajstić information content (AvgIpc) is 2.77. The molecule has 0 unspecified atom stereocenters. The first-order valence-electron chi connectivity index (χ1n) is 9.69. The predicted octanol–water partition coefficient (Wildman–Crippen LogP) is 8.35. The fourth-order valence-electron chi connectivity index (χ4n) is 4.03. The van der Waals surface area contributed by atoms with Crippen LogP contribution in [0.15, 0.2) is 103 Å². The van der Waals surface area contributed by atoms with E-state index in [1.807, 2.05) is 66.7 Å². The Morgan fingerprint density at radius 1 is 0.500 bits per heavy atom. The lowest BCUT2D eigenvalue weighted by atomic mass is 9.88. The van der Waals surface area contributed by atoms with Crippen LogP contribution in [0.1, 0.15) is 5.56 Å². The summed E-state index contributed by atoms with van der Waals surface area (Å²) in [6.07, 6.45) is -4.39. The molecule has 0 aliphatic carbocycles. The van der Waals surface area contributed by atoms with Crippen molar-refractivity contribution in [3.05, 3.63) is 109 Å². The van der Waals surface area contributed by atoms with E-state index in [0.29, 0.717) is 5.56 Å². The summed E-state index contributed by atoms with van der Waals surface area (Å²) in [7, 11) is 0. The van der Waals surface area contributed by atoms with Crippen molar-refractivity contribution in [3.63, 3.8) is 0 Å². The highest BCUT2D eigenvalue weighted by Gasteiger charge is 2.30. The van der Waals surface area contributed by atoms with E-state index in [2.05, 4.69) is 12.1 Å². The van der Waals surface area contributed by atoms with Crippen LogP contribution in [-0.4, -0.2) is 0 Å². The molecule has 30 heavy (non-hydrogen) atoms. The summed E-state index contributed by atoms with van der Waals surface area (Å²) in [5.74, 6) is 0. The van der Waals surface area contributed by atoms with Crippen molar-refractivity contribution in [2.75, 3.05) is 0 Å². The van der Waals surface area contributed by atoms with Gasteiger partial charge in [0.15, 0.2) is 0 Å². The Balaban J connectivity index is 1.81. The molecule has 0 heterocycles. The molecule has 0 saturated heterocycles. The van der Waals surface area contributed by atoms with Gasteiger partial charge in [-0.25, -0.2) is 0 Å². The van der Waals surface area contributed by atoms with E-state index in [0.717, 1.165) is 44.3 Å². The monoisotopic (exact) mass is 398 g/mol. The van der Waals surface area contributed by atoms with Crippen molar-refractivity contribution in [3.8, 4) is 22.3 Å². The van der Waals surface area contributed by atoms with E-state index in [4.69, 9.17) is 0 Å². The fraction of sp³-hybridized carbons (Fsp3) is 0.0370. The number of hydrogen-bond donors (Lipinski definition) is 0. The van der Waals surface area contributed by atoms with Gasteiger partial charge in [-0.3, -0.25) is 0 Å². The maximum absolute atomic E-state index is 13.4. The Morgan fingerprint density at radius 2 is 1.20 bits per heavy atom. The van der Waals surface area contributed by atoms with E-state index in [1.165, 1.54) is 12.1 Å². The fourth-order valence-corrected chi connectivity index (χ4v) is 4.03. The van der Waals surface area contributed by atoms with Crippen molar-refractivity contribution in [1.82, 2.24) is 0 Å². The van der Waals surface area contributed by atoms with Crippen molar-refractivity contribution in [1.29, 1.82) is 0 Å². The molecular formula is C27H17F3. The van der Waals surface area contributed by atoms with E-state index in [1.54, 1.807) is 6.07 Å². The van der Waals surface area contributed by atoms with E-state index < -0.39 is 11.7 Å². The maximum atomic E-state index is 13.4. The lowest BCUT2D eigenvalue weighted by molar-refractivity contribution is -0.137. The molecule has 3 heteroatoms. The molecule has 0 N–H and O–H groups in total. The second-order valence-electron chi connectivity index (χ2n) is 7.35. The number of hydrogen-bond acceptors (Lipinski definition) is 0. The summed E-state index contributed by atoms with van der Waals surface area (Å²) in [6.45, 7) is 0. The van der Waals surface area contributed by atoms with Crippen LogP contribution in [0.5, 0.6) is 0 Å². The van der Waals surface area contributed by atoms with Gasteiger partial charge in [-0.05, 0) is 62.0 Å². The molecule has 5 aromatic rings. The summed E-state index contributed by atoms with van der Waals surface area (Å²) in [5, 5.41) is 4.15. The highest BCUT2D eigenvalue weighted by molar-refractivity contribution is 6.05. The highest BCUT2D eigenvalue weighted by Crippen LogP contribution is 2.40. The predicted molar refractivity (Wildman–Crippen MR) is 117 cm³/mol. The van der Waals surface area contributed by atoms with Gasteiger partial charge in [0, 0.05) is 0 Å². The van der Waals surface area contributed by atoms with E-state index in [-0.39, 0.29) is 0 Å². The van der Waals surface area contributed by atoms with Gasteiger partial charge in [-0.2, -0.15) is 13.2 Å². The third-order valence-electron chi connectivity index (χ3n) is 5.47. The van der Waals surface area contributed by atoms with Crippen LogP contribution in [0.3, 0.4) is 0 Å². The number of alkyl halides is 3. The largest absolute Gasteiger partial charge is 0.416 e. The molecule has 0 nitrogen and oxygen atoms in total. The molecule has 0 saturated carbocycles. The van der Waals surface area contributed by atoms with Crippen LogP contribution in [0, 0.1) is 0 Å². The van der Waals surface area contributed by atoms with Crippen LogP contribution in [0.25, 0.3) is 43.8 Å². The van der Waals surface area contributed by atoms with Gasteiger partial charge in [-0.15, -0.1) is 0 Å². The normalized spacial score (nSPS) is 11.8. The zero-order valence-electron chi connectivity index (χ0n) is 15.9. The average molecular weight is 398 g/mol. The molecule has 0 amide bonds. The number of rotatable bonds is 2. The van der Waals surface area contributed by atoms with Gasteiger partial charge < -0.3 is 0 Å². The lowest BCUT2D eigenvalue weighted by Gasteiger charge is -2.16. The third kappa shape index (κ3) is 3.22. The lowest BCUT2D eigenvalue weighted by Crippen LogP contribution is -2.04. The van der Waals surface area contributed by atoms with Gasteiger partial charge >= 0.3 is 6.18 Å². The summed E-state index contributed by atoms with van der Waals surface area (Å²) in [5.41, 5.74) is 2.63. The van der Waals surface area contributed by atoms with Gasteiger partial charge in [0.1, 0.15) is 0 Å². The quantitative estimate of drug-likeness (QED) is 0.280. The molecule has 5 aromatic carbocycles.